The minimum absolute atomic E-state index is 0.322. The maximum atomic E-state index is 11.0. The Bertz CT molecular complexity index is 361. The van der Waals surface area contributed by atoms with Gasteiger partial charge in [0.1, 0.15) is 5.82 Å². The Morgan fingerprint density at radius 2 is 2.36 bits per heavy atom. The second kappa shape index (κ2) is 3.26. The maximum Gasteiger partial charge on any atom is 0.252 e. The summed E-state index contributed by atoms with van der Waals surface area (Å²) in [6.45, 7) is 1.02. The highest BCUT2D eigenvalue weighted by Gasteiger charge is 2.28. The van der Waals surface area contributed by atoms with Crippen LogP contribution in [0.15, 0.2) is 18.3 Å². The Morgan fingerprint density at radius 1 is 1.64 bits per heavy atom. The maximum absolute atomic E-state index is 11.0. The van der Waals surface area contributed by atoms with E-state index in [0.29, 0.717) is 24.5 Å². The van der Waals surface area contributed by atoms with Crippen LogP contribution in [0.4, 0.5) is 5.82 Å². The lowest BCUT2D eigenvalue weighted by Gasteiger charge is -2.37. The molecule has 2 heterocycles. The Balaban J connectivity index is 2.28. The summed E-state index contributed by atoms with van der Waals surface area (Å²) in [6.07, 6.45) is 1.28. The molecule has 1 amide bonds. The first kappa shape index (κ1) is 8.96. The number of aromatic nitrogens is 1. The van der Waals surface area contributed by atoms with Gasteiger partial charge in [-0.2, -0.15) is 0 Å². The third-order valence-corrected chi connectivity index (χ3v) is 2.21. The van der Waals surface area contributed by atoms with Crippen LogP contribution in [0, 0.1) is 0 Å². The van der Waals surface area contributed by atoms with E-state index in [4.69, 9.17) is 10.8 Å². The number of carbonyl (C=O) groups excluding carboxylic acids is 1. The molecule has 0 unspecified atom stereocenters. The van der Waals surface area contributed by atoms with Crippen molar-refractivity contribution in [2.24, 2.45) is 5.73 Å². The number of nitrogens with zero attached hydrogens (tertiary/aromatic N) is 2. The van der Waals surface area contributed by atoms with E-state index in [0.717, 1.165) is 0 Å². The van der Waals surface area contributed by atoms with Gasteiger partial charge in [-0.15, -0.1) is 0 Å². The number of pyridine rings is 1. The molecule has 0 bridgehead atoms. The van der Waals surface area contributed by atoms with Crippen molar-refractivity contribution in [1.29, 1.82) is 0 Å². The number of hydrogen-bond donors (Lipinski definition) is 2. The predicted octanol–water partition coefficient (Wildman–Crippen LogP) is -0.639. The van der Waals surface area contributed by atoms with Crippen molar-refractivity contribution < 1.29 is 9.90 Å². The largest absolute Gasteiger partial charge is 0.389 e. The van der Waals surface area contributed by atoms with Gasteiger partial charge >= 0.3 is 0 Å². The van der Waals surface area contributed by atoms with E-state index in [1.54, 1.807) is 18.3 Å². The van der Waals surface area contributed by atoms with Crippen LogP contribution < -0.4 is 10.6 Å². The normalized spacial score (nSPS) is 16.5. The van der Waals surface area contributed by atoms with Gasteiger partial charge in [-0.05, 0) is 12.1 Å². The van der Waals surface area contributed by atoms with Crippen LogP contribution in [0.5, 0.6) is 0 Å². The summed E-state index contributed by atoms with van der Waals surface area (Å²) in [7, 11) is 0. The molecule has 0 radical (unpaired) electrons. The van der Waals surface area contributed by atoms with Crippen LogP contribution in [-0.2, 0) is 0 Å². The Labute approximate surface area is 81.2 Å². The molecule has 0 spiro atoms. The minimum atomic E-state index is -0.491. The van der Waals surface area contributed by atoms with E-state index >= 15 is 0 Å². The molecule has 14 heavy (non-hydrogen) atoms. The molecule has 1 saturated heterocycles. The van der Waals surface area contributed by atoms with Gasteiger partial charge < -0.3 is 15.7 Å². The second-order valence-corrected chi connectivity index (χ2v) is 3.30. The summed E-state index contributed by atoms with van der Waals surface area (Å²) in [6, 6.07) is 3.30. The summed E-state index contributed by atoms with van der Waals surface area (Å²) in [4.78, 5) is 16.9. The number of rotatable bonds is 2. The average molecular weight is 193 g/mol. The highest BCUT2D eigenvalue weighted by Crippen LogP contribution is 2.21. The lowest BCUT2D eigenvalue weighted by atomic mass is 10.1. The van der Waals surface area contributed by atoms with Gasteiger partial charge in [0.25, 0.3) is 5.91 Å². The number of β-amino-alcohol motifs (C(OH)–C–C–N with tert-alkyl or cyclic N) is 1. The SMILES string of the molecule is NC(=O)c1cccnc1N1CC(O)C1. The van der Waals surface area contributed by atoms with Gasteiger partial charge in [0.05, 0.1) is 11.7 Å². The number of amides is 1. The summed E-state index contributed by atoms with van der Waals surface area (Å²) in [5.74, 6) is 0.0692. The number of anilines is 1. The zero-order valence-corrected chi connectivity index (χ0v) is 7.55. The molecular weight excluding hydrogens is 182 g/mol. The molecule has 0 atom stereocenters. The highest BCUT2D eigenvalue weighted by atomic mass is 16.3. The van der Waals surface area contributed by atoms with Gasteiger partial charge in [0.15, 0.2) is 0 Å². The summed E-state index contributed by atoms with van der Waals surface area (Å²) >= 11 is 0. The van der Waals surface area contributed by atoms with Gasteiger partial charge in [-0.25, -0.2) is 4.98 Å². The zero-order valence-electron chi connectivity index (χ0n) is 7.55. The first-order valence-electron chi connectivity index (χ1n) is 4.36. The smallest absolute Gasteiger partial charge is 0.252 e. The number of nitrogens with two attached hydrogens (primary N) is 1. The minimum Gasteiger partial charge on any atom is -0.389 e. The van der Waals surface area contributed by atoms with Crippen LogP contribution in [0.1, 0.15) is 10.4 Å². The van der Waals surface area contributed by atoms with Gasteiger partial charge in [0, 0.05) is 19.3 Å². The molecule has 74 valence electrons. The van der Waals surface area contributed by atoms with Crippen molar-refractivity contribution in [2.45, 2.75) is 6.10 Å². The van der Waals surface area contributed by atoms with Crippen molar-refractivity contribution in [3.63, 3.8) is 0 Å². The molecule has 1 aliphatic rings. The fraction of sp³-hybridized carbons (Fsp3) is 0.333. The summed E-state index contributed by atoms with van der Waals surface area (Å²) in [5, 5.41) is 9.12. The lowest BCUT2D eigenvalue weighted by molar-refractivity contribution is 0.0997. The molecule has 2 rings (SSSR count). The molecular formula is C9H11N3O2. The van der Waals surface area contributed by atoms with E-state index in [1.165, 1.54) is 0 Å². The molecule has 0 aromatic carbocycles. The molecule has 1 aliphatic heterocycles. The van der Waals surface area contributed by atoms with Crippen molar-refractivity contribution in [1.82, 2.24) is 4.98 Å². The Hall–Kier alpha value is -1.62. The molecule has 5 heteroatoms. The van der Waals surface area contributed by atoms with Crippen LogP contribution >= 0.6 is 0 Å². The van der Waals surface area contributed by atoms with E-state index in [1.807, 2.05) is 4.90 Å². The fourth-order valence-electron chi connectivity index (χ4n) is 1.47. The molecule has 1 fully saturated rings. The van der Waals surface area contributed by atoms with E-state index in [2.05, 4.69) is 4.98 Å². The van der Waals surface area contributed by atoms with E-state index in [9.17, 15) is 4.79 Å². The van der Waals surface area contributed by atoms with Gasteiger partial charge in [-0.1, -0.05) is 0 Å². The third kappa shape index (κ3) is 1.42. The number of primary amides is 1. The zero-order chi connectivity index (χ0) is 10.1. The highest BCUT2D eigenvalue weighted by molar-refractivity contribution is 5.97. The van der Waals surface area contributed by atoms with Crippen LogP contribution in [0.2, 0.25) is 0 Å². The summed E-state index contributed by atoms with van der Waals surface area (Å²) < 4.78 is 0. The fourth-order valence-corrected chi connectivity index (χ4v) is 1.47. The quantitative estimate of drug-likeness (QED) is 0.655. The number of hydrogen-bond acceptors (Lipinski definition) is 4. The van der Waals surface area contributed by atoms with Crippen molar-refractivity contribution in [3.05, 3.63) is 23.9 Å². The van der Waals surface area contributed by atoms with E-state index < -0.39 is 5.91 Å². The number of carbonyl (C=O) groups is 1. The summed E-state index contributed by atoms with van der Waals surface area (Å²) in [5.41, 5.74) is 5.60. The van der Waals surface area contributed by atoms with Crippen molar-refractivity contribution >= 4 is 11.7 Å². The predicted molar refractivity (Wildman–Crippen MR) is 51.0 cm³/mol. The van der Waals surface area contributed by atoms with E-state index in [-0.39, 0.29) is 6.10 Å². The van der Waals surface area contributed by atoms with Crippen LogP contribution in [0.3, 0.4) is 0 Å². The average Bonchev–Trinajstić information content (AvgIpc) is 2.13. The molecule has 1 aromatic heterocycles. The Kier molecular flexibility index (Phi) is 2.09. The number of aliphatic hydroxyl groups is 1. The third-order valence-electron chi connectivity index (χ3n) is 2.21. The van der Waals surface area contributed by atoms with Crippen molar-refractivity contribution in [3.8, 4) is 0 Å². The lowest BCUT2D eigenvalue weighted by Crippen LogP contribution is -2.51. The molecule has 3 N–H and O–H groups in total. The van der Waals surface area contributed by atoms with Gasteiger partial charge in [-0.3, -0.25) is 4.79 Å². The topological polar surface area (TPSA) is 79.5 Å². The molecule has 0 aliphatic carbocycles. The standard InChI is InChI=1S/C9H11N3O2/c10-8(14)7-2-1-3-11-9(7)12-4-6(13)5-12/h1-3,6,13H,4-5H2,(H2,10,14). The molecule has 0 saturated carbocycles. The van der Waals surface area contributed by atoms with Crippen LogP contribution in [0.25, 0.3) is 0 Å². The molecule has 5 nitrogen and oxygen atoms in total. The molecule has 1 aromatic rings. The van der Waals surface area contributed by atoms with Crippen LogP contribution in [-0.4, -0.2) is 35.2 Å². The monoisotopic (exact) mass is 193 g/mol. The second-order valence-electron chi connectivity index (χ2n) is 3.30. The first-order chi connectivity index (χ1) is 6.68. The van der Waals surface area contributed by atoms with Crippen molar-refractivity contribution in [2.75, 3.05) is 18.0 Å². The number of aliphatic hydroxyl groups excluding tert-OH is 1. The van der Waals surface area contributed by atoms with Gasteiger partial charge in [0.2, 0.25) is 0 Å². The Morgan fingerprint density at radius 3 is 2.93 bits per heavy atom. The first-order valence-corrected chi connectivity index (χ1v) is 4.36.